The lowest BCUT2D eigenvalue weighted by Crippen LogP contribution is -2.40. The van der Waals surface area contributed by atoms with Crippen LogP contribution in [0.3, 0.4) is 0 Å². The summed E-state index contributed by atoms with van der Waals surface area (Å²) < 4.78 is 0. The van der Waals surface area contributed by atoms with E-state index in [0.29, 0.717) is 17.6 Å². The summed E-state index contributed by atoms with van der Waals surface area (Å²) in [6.07, 6.45) is 0.938. The Morgan fingerprint density at radius 1 is 1.32 bits per heavy atom. The zero-order valence-corrected chi connectivity index (χ0v) is 13.6. The quantitative estimate of drug-likeness (QED) is 0.858. The van der Waals surface area contributed by atoms with Gasteiger partial charge < -0.3 is 10.0 Å². The van der Waals surface area contributed by atoms with Gasteiger partial charge in [0.15, 0.2) is 5.13 Å². The largest absolute Gasteiger partial charge is 0.387 e. The Kier molecular flexibility index (Phi) is 5.91. The molecule has 2 aromatic rings. The first-order chi connectivity index (χ1) is 10.6. The van der Waals surface area contributed by atoms with Crippen molar-refractivity contribution < 1.29 is 9.90 Å². The summed E-state index contributed by atoms with van der Waals surface area (Å²) in [5.41, 5.74) is 0.804. The standard InChI is InChI=1S/C16H21N3O2S/c1-12(2)10-19(16(21)18-15-17-8-9-22-15)11-14(20)13-6-4-3-5-7-13/h3-9,12,14,20H,10-11H2,1-2H3,(H,17,18,21)/t14-/m0/s1. The van der Waals surface area contributed by atoms with E-state index < -0.39 is 6.10 Å². The molecule has 0 aliphatic carbocycles. The second kappa shape index (κ2) is 7.91. The molecule has 0 spiro atoms. The maximum atomic E-state index is 12.4. The molecule has 1 aromatic heterocycles. The number of hydrogen-bond donors (Lipinski definition) is 2. The number of urea groups is 1. The third-order valence-electron chi connectivity index (χ3n) is 3.10. The SMILES string of the molecule is CC(C)CN(C[C@H](O)c1ccccc1)C(=O)Nc1nccs1. The highest BCUT2D eigenvalue weighted by atomic mass is 32.1. The van der Waals surface area contributed by atoms with Crippen LogP contribution < -0.4 is 5.32 Å². The topological polar surface area (TPSA) is 65.5 Å². The number of thiazole rings is 1. The van der Waals surface area contributed by atoms with Gasteiger partial charge >= 0.3 is 6.03 Å². The molecule has 6 heteroatoms. The number of nitrogens with zero attached hydrogens (tertiary/aromatic N) is 2. The van der Waals surface area contributed by atoms with Crippen LogP contribution in [-0.4, -0.2) is 34.1 Å². The van der Waals surface area contributed by atoms with Crippen LogP contribution in [0.4, 0.5) is 9.93 Å². The summed E-state index contributed by atoms with van der Waals surface area (Å²) in [6.45, 7) is 4.90. The number of anilines is 1. The average Bonchev–Trinajstić information content (AvgIpc) is 2.99. The van der Waals surface area contributed by atoms with E-state index in [4.69, 9.17) is 0 Å². The number of carbonyl (C=O) groups excluding carboxylic acids is 1. The molecule has 0 saturated carbocycles. The number of amides is 2. The fourth-order valence-corrected chi connectivity index (χ4v) is 2.64. The molecule has 0 radical (unpaired) electrons. The summed E-state index contributed by atoms with van der Waals surface area (Å²) in [6, 6.07) is 9.13. The predicted octanol–water partition coefficient (Wildman–Crippen LogP) is 3.37. The Morgan fingerprint density at radius 3 is 2.64 bits per heavy atom. The highest BCUT2D eigenvalue weighted by Crippen LogP contribution is 2.17. The van der Waals surface area contributed by atoms with Gasteiger partial charge in [-0.1, -0.05) is 44.2 Å². The Bertz CT molecular complexity index is 572. The summed E-state index contributed by atoms with van der Waals surface area (Å²) in [7, 11) is 0. The van der Waals surface area contributed by atoms with Gasteiger partial charge in [-0.3, -0.25) is 5.32 Å². The minimum Gasteiger partial charge on any atom is -0.387 e. The van der Waals surface area contributed by atoms with Gasteiger partial charge in [-0.15, -0.1) is 11.3 Å². The molecule has 22 heavy (non-hydrogen) atoms. The third kappa shape index (κ3) is 4.82. The molecular formula is C16H21N3O2S. The maximum Gasteiger partial charge on any atom is 0.323 e. The smallest absolute Gasteiger partial charge is 0.323 e. The van der Waals surface area contributed by atoms with Crippen LogP contribution in [-0.2, 0) is 0 Å². The molecule has 0 fully saturated rings. The summed E-state index contributed by atoms with van der Waals surface area (Å²) in [4.78, 5) is 18.1. The van der Waals surface area contributed by atoms with Crippen molar-refractivity contribution in [1.29, 1.82) is 0 Å². The van der Waals surface area contributed by atoms with Crippen LogP contribution in [0.25, 0.3) is 0 Å². The molecule has 0 saturated heterocycles. The van der Waals surface area contributed by atoms with E-state index in [1.54, 1.807) is 16.5 Å². The van der Waals surface area contributed by atoms with Crippen LogP contribution in [0.5, 0.6) is 0 Å². The van der Waals surface area contributed by atoms with E-state index >= 15 is 0 Å². The second-order valence-corrected chi connectivity index (χ2v) is 6.39. The van der Waals surface area contributed by atoms with Crippen molar-refractivity contribution in [2.75, 3.05) is 18.4 Å². The van der Waals surface area contributed by atoms with Gasteiger partial charge in [0.2, 0.25) is 0 Å². The number of aliphatic hydroxyl groups excluding tert-OH is 1. The van der Waals surface area contributed by atoms with Crippen molar-refractivity contribution in [3.05, 3.63) is 47.5 Å². The normalized spacial score (nSPS) is 12.2. The van der Waals surface area contributed by atoms with Crippen LogP contribution >= 0.6 is 11.3 Å². The second-order valence-electron chi connectivity index (χ2n) is 5.49. The van der Waals surface area contributed by atoms with Gasteiger partial charge in [0.25, 0.3) is 0 Å². The number of rotatable bonds is 6. The highest BCUT2D eigenvalue weighted by molar-refractivity contribution is 7.13. The first-order valence-corrected chi connectivity index (χ1v) is 8.12. The Morgan fingerprint density at radius 2 is 2.05 bits per heavy atom. The number of hydrogen-bond acceptors (Lipinski definition) is 4. The third-order valence-corrected chi connectivity index (χ3v) is 3.79. The molecule has 0 aliphatic rings. The van der Waals surface area contributed by atoms with Gasteiger partial charge in [0.1, 0.15) is 0 Å². The van der Waals surface area contributed by atoms with Crippen molar-refractivity contribution in [3.8, 4) is 0 Å². The lowest BCUT2D eigenvalue weighted by Gasteiger charge is -2.27. The predicted molar refractivity (Wildman–Crippen MR) is 88.9 cm³/mol. The molecule has 0 aliphatic heterocycles. The lowest BCUT2D eigenvalue weighted by molar-refractivity contribution is 0.121. The first-order valence-electron chi connectivity index (χ1n) is 7.24. The summed E-state index contributed by atoms with van der Waals surface area (Å²) in [5.74, 6) is 0.310. The fraction of sp³-hybridized carbons (Fsp3) is 0.375. The van der Waals surface area contributed by atoms with E-state index in [2.05, 4.69) is 10.3 Å². The van der Waals surface area contributed by atoms with E-state index in [0.717, 1.165) is 5.56 Å². The minimum absolute atomic E-state index is 0.237. The fourth-order valence-electron chi connectivity index (χ4n) is 2.13. The number of benzene rings is 1. The molecular weight excluding hydrogens is 298 g/mol. The molecule has 2 rings (SSSR count). The summed E-state index contributed by atoms with van der Waals surface area (Å²) in [5, 5.41) is 15.5. The van der Waals surface area contributed by atoms with Gasteiger partial charge in [0, 0.05) is 18.1 Å². The van der Waals surface area contributed by atoms with Crippen LogP contribution in [0.15, 0.2) is 41.9 Å². The van der Waals surface area contributed by atoms with Crippen LogP contribution in [0.2, 0.25) is 0 Å². The van der Waals surface area contributed by atoms with Gasteiger partial charge in [-0.25, -0.2) is 9.78 Å². The summed E-state index contributed by atoms with van der Waals surface area (Å²) >= 11 is 1.37. The zero-order valence-electron chi connectivity index (χ0n) is 12.8. The lowest BCUT2D eigenvalue weighted by atomic mass is 10.1. The zero-order chi connectivity index (χ0) is 15.9. The number of aliphatic hydroxyl groups is 1. The minimum atomic E-state index is -0.706. The van der Waals surface area contributed by atoms with E-state index in [1.165, 1.54) is 11.3 Å². The molecule has 2 N–H and O–H groups in total. The van der Waals surface area contributed by atoms with E-state index in [1.807, 2.05) is 44.2 Å². The van der Waals surface area contributed by atoms with Gasteiger partial charge in [-0.2, -0.15) is 0 Å². The van der Waals surface area contributed by atoms with Crippen molar-refractivity contribution >= 4 is 22.5 Å². The van der Waals surface area contributed by atoms with E-state index in [-0.39, 0.29) is 12.6 Å². The highest BCUT2D eigenvalue weighted by Gasteiger charge is 2.20. The van der Waals surface area contributed by atoms with Crippen molar-refractivity contribution in [2.24, 2.45) is 5.92 Å². The average molecular weight is 319 g/mol. The number of nitrogens with one attached hydrogen (secondary N) is 1. The Balaban J connectivity index is 2.03. The van der Waals surface area contributed by atoms with E-state index in [9.17, 15) is 9.90 Å². The molecule has 5 nitrogen and oxygen atoms in total. The van der Waals surface area contributed by atoms with Crippen molar-refractivity contribution in [3.63, 3.8) is 0 Å². The molecule has 118 valence electrons. The van der Waals surface area contributed by atoms with Gasteiger partial charge in [-0.05, 0) is 11.5 Å². The molecule has 1 atom stereocenters. The van der Waals surface area contributed by atoms with Crippen LogP contribution in [0, 0.1) is 5.92 Å². The van der Waals surface area contributed by atoms with Crippen molar-refractivity contribution in [1.82, 2.24) is 9.88 Å². The number of carbonyl (C=O) groups is 1. The number of aromatic nitrogens is 1. The molecule has 1 aromatic carbocycles. The Hall–Kier alpha value is -1.92. The Labute approximate surface area is 134 Å². The van der Waals surface area contributed by atoms with Crippen LogP contribution in [0.1, 0.15) is 25.5 Å². The maximum absolute atomic E-state index is 12.4. The monoisotopic (exact) mass is 319 g/mol. The molecule has 0 bridgehead atoms. The van der Waals surface area contributed by atoms with Gasteiger partial charge in [0.05, 0.1) is 12.6 Å². The molecule has 0 unspecified atom stereocenters. The van der Waals surface area contributed by atoms with Crippen molar-refractivity contribution in [2.45, 2.75) is 20.0 Å². The molecule has 2 amide bonds. The molecule has 1 heterocycles. The first kappa shape index (κ1) is 16.5.